The van der Waals surface area contributed by atoms with Crippen LogP contribution in [0.2, 0.25) is 0 Å². The van der Waals surface area contributed by atoms with Gasteiger partial charge in [-0.05, 0) is 37.6 Å². The van der Waals surface area contributed by atoms with E-state index in [4.69, 9.17) is 5.11 Å². The van der Waals surface area contributed by atoms with Gasteiger partial charge < -0.3 is 10.0 Å². The fourth-order valence-corrected chi connectivity index (χ4v) is 3.52. The van der Waals surface area contributed by atoms with Crippen molar-refractivity contribution in [2.75, 3.05) is 31.1 Å². The monoisotopic (exact) mass is 325 g/mol. The number of aromatic carboxylic acids is 1. The van der Waals surface area contributed by atoms with Gasteiger partial charge in [-0.1, -0.05) is 0 Å². The molecular formula is C17H19N5O2. The van der Waals surface area contributed by atoms with Crippen LogP contribution in [0, 0.1) is 0 Å². The van der Waals surface area contributed by atoms with E-state index in [0.29, 0.717) is 23.4 Å². The molecule has 0 aromatic carbocycles. The zero-order chi connectivity index (χ0) is 16.5. The van der Waals surface area contributed by atoms with Crippen LogP contribution in [0.5, 0.6) is 0 Å². The van der Waals surface area contributed by atoms with Gasteiger partial charge in [0, 0.05) is 38.1 Å². The lowest BCUT2D eigenvalue weighted by atomic mass is 10.1. The Morgan fingerprint density at radius 3 is 2.88 bits per heavy atom. The molecule has 4 heterocycles. The number of aromatic nitrogens is 3. The molecule has 1 atom stereocenters. The number of nitrogens with zero attached hydrogens (tertiary/aromatic N) is 5. The van der Waals surface area contributed by atoms with Gasteiger partial charge in [0.2, 0.25) is 5.95 Å². The number of rotatable bonds is 3. The summed E-state index contributed by atoms with van der Waals surface area (Å²) in [6.07, 6.45) is 5.72. The maximum atomic E-state index is 11.1. The molecule has 7 nitrogen and oxygen atoms in total. The van der Waals surface area contributed by atoms with Crippen LogP contribution in [0.1, 0.15) is 23.2 Å². The maximum Gasteiger partial charge on any atom is 0.335 e. The maximum absolute atomic E-state index is 11.1. The molecule has 0 spiro atoms. The summed E-state index contributed by atoms with van der Waals surface area (Å²) in [6.45, 7) is 4.12. The number of pyridine rings is 1. The molecule has 0 saturated carbocycles. The highest BCUT2D eigenvalue weighted by atomic mass is 16.4. The Kier molecular flexibility index (Phi) is 3.86. The van der Waals surface area contributed by atoms with Gasteiger partial charge in [-0.15, -0.1) is 0 Å². The van der Waals surface area contributed by atoms with E-state index in [0.717, 1.165) is 19.6 Å². The Bertz CT molecular complexity index is 766. The van der Waals surface area contributed by atoms with E-state index in [-0.39, 0.29) is 5.56 Å². The van der Waals surface area contributed by atoms with Crippen molar-refractivity contribution in [3.05, 3.63) is 36.2 Å². The minimum atomic E-state index is -0.967. The second-order valence-electron chi connectivity index (χ2n) is 6.25. The van der Waals surface area contributed by atoms with Crippen LogP contribution in [-0.2, 0) is 0 Å². The lowest BCUT2D eigenvalue weighted by Gasteiger charge is -2.37. The third-order valence-electron chi connectivity index (χ3n) is 4.78. The van der Waals surface area contributed by atoms with Crippen LogP contribution in [-0.4, -0.2) is 63.1 Å². The molecule has 7 heteroatoms. The zero-order valence-electron chi connectivity index (χ0n) is 13.3. The summed E-state index contributed by atoms with van der Waals surface area (Å²) < 4.78 is 0. The van der Waals surface area contributed by atoms with Gasteiger partial charge in [-0.2, -0.15) is 0 Å². The SMILES string of the molecule is O=C(O)c1ccnc(-c2ccnc(N3CCN4CCCC4C3)n2)c1. The highest BCUT2D eigenvalue weighted by molar-refractivity contribution is 5.88. The van der Waals surface area contributed by atoms with Gasteiger partial charge >= 0.3 is 5.97 Å². The number of hydrogen-bond acceptors (Lipinski definition) is 6. The van der Waals surface area contributed by atoms with Gasteiger partial charge in [0.25, 0.3) is 0 Å². The van der Waals surface area contributed by atoms with Crippen molar-refractivity contribution in [3.8, 4) is 11.4 Å². The molecule has 0 bridgehead atoms. The van der Waals surface area contributed by atoms with Crippen molar-refractivity contribution in [2.45, 2.75) is 18.9 Å². The van der Waals surface area contributed by atoms with Gasteiger partial charge in [-0.25, -0.2) is 14.8 Å². The molecule has 24 heavy (non-hydrogen) atoms. The Morgan fingerprint density at radius 2 is 2.00 bits per heavy atom. The van der Waals surface area contributed by atoms with E-state index < -0.39 is 5.97 Å². The summed E-state index contributed by atoms with van der Waals surface area (Å²) in [5.74, 6) is -0.271. The summed E-state index contributed by atoms with van der Waals surface area (Å²) in [6, 6.07) is 5.39. The summed E-state index contributed by atoms with van der Waals surface area (Å²) in [4.78, 5) is 29.2. The van der Waals surface area contributed by atoms with Crippen LogP contribution in [0.15, 0.2) is 30.6 Å². The number of piperazine rings is 1. The average molecular weight is 325 g/mol. The van der Waals surface area contributed by atoms with Crippen molar-refractivity contribution in [3.63, 3.8) is 0 Å². The topological polar surface area (TPSA) is 82.4 Å². The van der Waals surface area contributed by atoms with E-state index >= 15 is 0 Å². The fourth-order valence-electron chi connectivity index (χ4n) is 3.52. The molecule has 1 unspecified atom stereocenters. The first-order chi connectivity index (χ1) is 11.7. The van der Waals surface area contributed by atoms with Crippen molar-refractivity contribution in [1.82, 2.24) is 19.9 Å². The number of anilines is 1. The molecule has 2 fully saturated rings. The van der Waals surface area contributed by atoms with E-state index in [9.17, 15) is 4.79 Å². The summed E-state index contributed by atoms with van der Waals surface area (Å²) in [5.41, 5.74) is 1.41. The number of fused-ring (bicyclic) bond motifs is 1. The predicted octanol–water partition coefficient (Wildman–Crippen LogP) is 1.52. The van der Waals surface area contributed by atoms with E-state index in [1.165, 1.54) is 31.6 Å². The normalized spacial score (nSPS) is 20.8. The molecule has 0 aliphatic carbocycles. The Balaban J connectivity index is 1.60. The number of carbonyl (C=O) groups is 1. The second-order valence-corrected chi connectivity index (χ2v) is 6.25. The van der Waals surface area contributed by atoms with E-state index in [1.54, 1.807) is 18.3 Å². The van der Waals surface area contributed by atoms with Crippen molar-refractivity contribution >= 4 is 11.9 Å². The number of carboxylic acids is 1. The Morgan fingerprint density at radius 1 is 1.12 bits per heavy atom. The molecule has 2 aliphatic rings. The van der Waals surface area contributed by atoms with Crippen molar-refractivity contribution < 1.29 is 9.90 Å². The molecular weight excluding hydrogens is 306 g/mol. The van der Waals surface area contributed by atoms with Crippen LogP contribution >= 0.6 is 0 Å². The standard InChI is InChI=1S/C17H19N5O2/c23-16(24)12-3-5-18-15(10-12)14-4-6-19-17(20-14)22-9-8-21-7-1-2-13(21)11-22/h3-6,10,13H,1-2,7-9,11H2,(H,23,24). The van der Waals surface area contributed by atoms with Crippen LogP contribution in [0.3, 0.4) is 0 Å². The largest absolute Gasteiger partial charge is 0.478 e. The lowest BCUT2D eigenvalue weighted by molar-refractivity contribution is 0.0697. The van der Waals surface area contributed by atoms with Gasteiger partial charge in [-0.3, -0.25) is 9.88 Å². The Labute approximate surface area is 140 Å². The molecule has 2 saturated heterocycles. The first-order valence-electron chi connectivity index (χ1n) is 8.22. The minimum Gasteiger partial charge on any atom is -0.478 e. The molecule has 0 radical (unpaired) electrons. The summed E-state index contributed by atoms with van der Waals surface area (Å²) in [5, 5.41) is 9.13. The van der Waals surface area contributed by atoms with Crippen LogP contribution in [0.25, 0.3) is 11.4 Å². The molecule has 2 aromatic heterocycles. The molecule has 4 rings (SSSR count). The van der Waals surface area contributed by atoms with Gasteiger partial charge in [0.1, 0.15) is 0 Å². The first-order valence-corrected chi connectivity index (χ1v) is 8.22. The van der Waals surface area contributed by atoms with Gasteiger partial charge in [0.05, 0.1) is 17.0 Å². The second kappa shape index (κ2) is 6.16. The molecule has 2 aromatic rings. The molecule has 2 aliphatic heterocycles. The quantitative estimate of drug-likeness (QED) is 0.916. The van der Waals surface area contributed by atoms with E-state index in [2.05, 4.69) is 24.8 Å². The van der Waals surface area contributed by atoms with Crippen molar-refractivity contribution in [1.29, 1.82) is 0 Å². The van der Waals surface area contributed by atoms with Crippen LogP contribution < -0.4 is 4.90 Å². The summed E-state index contributed by atoms with van der Waals surface area (Å²) in [7, 11) is 0. The molecule has 124 valence electrons. The Hall–Kier alpha value is -2.54. The number of hydrogen-bond donors (Lipinski definition) is 1. The van der Waals surface area contributed by atoms with Gasteiger partial charge in [0.15, 0.2) is 0 Å². The highest BCUT2D eigenvalue weighted by Crippen LogP contribution is 2.24. The zero-order valence-corrected chi connectivity index (χ0v) is 13.3. The number of carboxylic acid groups (broad SMARTS) is 1. The molecule has 1 N–H and O–H groups in total. The summed E-state index contributed by atoms with van der Waals surface area (Å²) >= 11 is 0. The average Bonchev–Trinajstić information content (AvgIpc) is 3.09. The predicted molar refractivity (Wildman–Crippen MR) is 89.0 cm³/mol. The van der Waals surface area contributed by atoms with E-state index in [1.807, 2.05) is 0 Å². The third-order valence-corrected chi connectivity index (χ3v) is 4.78. The smallest absolute Gasteiger partial charge is 0.335 e. The fraction of sp³-hybridized carbons (Fsp3) is 0.412. The molecule has 0 amide bonds. The third kappa shape index (κ3) is 2.82. The lowest BCUT2D eigenvalue weighted by Crippen LogP contribution is -2.50. The van der Waals surface area contributed by atoms with Crippen molar-refractivity contribution in [2.24, 2.45) is 0 Å². The minimum absolute atomic E-state index is 0.208. The van der Waals surface area contributed by atoms with Crippen LogP contribution in [0.4, 0.5) is 5.95 Å². The first kappa shape index (κ1) is 15.0. The highest BCUT2D eigenvalue weighted by Gasteiger charge is 2.31.